The molecule has 2 aromatic carbocycles. The van der Waals surface area contributed by atoms with E-state index in [1.807, 2.05) is 0 Å². The van der Waals surface area contributed by atoms with Crippen LogP contribution in [0.15, 0.2) is 30.3 Å². The van der Waals surface area contributed by atoms with Crippen molar-refractivity contribution in [2.75, 3.05) is 6.54 Å². The molecule has 0 aliphatic heterocycles. The Labute approximate surface area is 135 Å². The van der Waals surface area contributed by atoms with E-state index in [2.05, 4.69) is 5.32 Å². The van der Waals surface area contributed by atoms with Crippen molar-refractivity contribution in [1.82, 2.24) is 5.32 Å². The van der Waals surface area contributed by atoms with Gasteiger partial charge in [-0.05, 0) is 36.8 Å². The fourth-order valence-electron chi connectivity index (χ4n) is 2.05. The van der Waals surface area contributed by atoms with Crippen LogP contribution in [0.4, 0.5) is 13.2 Å². The Morgan fingerprint density at radius 1 is 1.22 bits per heavy atom. The average Bonchev–Trinajstić information content (AvgIpc) is 2.48. The van der Waals surface area contributed by atoms with Gasteiger partial charge in [0, 0.05) is 6.54 Å². The second kappa shape index (κ2) is 7.02. The summed E-state index contributed by atoms with van der Waals surface area (Å²) in [6.07, 6.45) is -1.57. The molecule has 1 unspecified atom stereocenters. The zero-order valence-corrected chi connectivity index (χ0v) is 12.8. The van der Waals surface area contributed by atoms with Gasteiger partial charge in [-0.1, -0.05) is 17.7 Å². The van der Waals surface area contributed by atoms with Crippen molar-refractivity contribution in [1.29, 1.82) is 0 Å². The lowest BCUT2D eigenvalue weighted by Gasteiger charge is -2.14. The first-order valence-corrected chi connectivity index (χ1v) is 7.05. The molecular formula is C16H13ClF3NO2. The Bertz CT molecular complexity index is 732. The maximum atomic E-state index is 13.5. The van der Waals surface area contributed by atoms with Gasteiger partial charge in [0.2, 0.25) is 0 Å². The highest BCUT2D eigenvalue weighted by atomic mass is 35.5. The maximum Gasteiger partial charge on any atom is 0.252 e. The van der Waals surface area contributed by atoms with E-state index in [0.29, 0.717) is 0 Å². The third kappa shape index (κ3) is 3.83. The van der Waals surface area contributed by atoms with E-state index in [1.165, 1.54) is 19.1 Å². The standard InChI is InChI=1S/C16H13ClF3NO2/c1-8-5-9(10(17)6-13(8)20)16(23)21-7-14(22)15-11(18)3-2-4-12(15)19/h2-6,14,22H,7H2,1H3,(H,21,23). The van der Waals surface area contributed by atoms with Gasteiger partial charge in [-0.3, -0.25) is 4.79 Å². The Morgan fingerprint density at radius 3 is 2.43 bits per heavy atom. The number of halogens is 4. The van der Waals surface area contributed by atoms with E-state index in [0.717, 1.165) is 18.2 Å². The molecule has 0 aliphatic rings. The lowest BCUT2D eigenvalue weighted by atomic mass is 10.1. The normalized spacial score (nSPS) is 12.1. The molecule has 0 aliphatic carbocycles. The second-order valence-corrected chi connectivity index (χ2v) is 5.35. The third-order valence-electron chi connectivity index (χ3n) is 3.28. The number of aliphatic hydroxyl groups is 1. The van der Waals surface area contributed by atoms with Crippen LogP contribution in [0.5, 0.6) is 0 Å². The van der Waals surface area contributed by atoms with Crippen LogP contribution in [-0.2, 0) is 0 Å². The summed E-state index contributed by atoms with van der Waals surface area (Å²) < 4.78 is 40.4. The number of aryl methyl sites for hydroxylation is 1. The van der Waals surface area contributed by atoms with Gasteiger partial charge in [0.15, 0.2) is 0 Å². The minimum absolute atomic E-state index is 0.00627. The first kappa shape index (κ1) is 17.3. The number of nitrogens with one attached hydrogen (secondary N) is 1. The third-order valence-corrected chi connectivity index (χ3v) is 3.59. The molecule has 2 N–H and O–H groups in total. The molecule has 1 atom stereocenters. The van der Waals surface area contributed by atoms with Crippen LogP contribution in [0.25, 0.3) is 0 Å². The number of hydrogen-bond acceptors (Lipinski definition) is 2. The molecule has 0 fully saturated rings. The molecule has 0 saturated heterocycles. The van der Waals surface area contributed by atoms with E-state index in [1.54, 1.807) is 0 Å². The Morgan fingerprint density at radius 2 is 1.83 bits per heavy atom. The summed E-state index contributed by atoms with van der Waals surface area (Å²) in [4.78, 5) is 12.0. The topological polar surface area (TPSA) is 49.3 Å². The number of amides is 1. The summed E-state index contributed by atoms with van der Waals surface area (Å²) in [5.74, 6) is -3.07. The van der Waals surface area contributed by atoms with E-state index >= 15 is 0 Å². The summed E-state index contributed by atoms with van der Waals surface area (Å²) in [5, 5.41) is 12.1. The van der Waals surface area contributed by atoms with Crippen LogP contribution in [0.3, 0.4) is 0 Å². The van der Waals surface area contributed by atoms with Gasteiger partial charge in [-0.2, -0.15) is 0 Å². The number of carbonyl (C=O) groups is 1. The van der Waals surface area contributed by atoms with Crippen LogP contribution in [0, 0.1) is 24.4 Å². The molecule has 0 radical (unpaired) electrons. The number of carbonyl (C=O) groups excluding carboxylic acids is 1. The lowest BCUT2D eigenvalue weighted by Crippen LogP contribution is -2.29. The van der Waals surface area contributed by atoms with Gasteiger partial charge in [0.05, 0.1) is 16.1 Å². The predicted molar refractivity (Wildman–Crippen MR) is 79.8 cm³/mol. The van der Waals surface area contributed by atoms with Gasteiger partial charge in [0.25, 0.3) is 5.91 Å². The second-order valence-electron chi connectivity index (χ2n) is 4.94. The molecule has 122 valence electrons. The molecule has 1 amide bonds. The van der Waals surface area contributed by atoms with E-state index in [9.17, 15) is 23.1 Å². The molecule has 7 heteroatoms. The zero-order chi connectivity index (χ0) is 17.1. The van der Waals surface area contributed by atoms with Crippen LogP contribution in [0.1, 0.15) is 27.6 Å². The first-order chi connectivity index (χ1) is 10.8. The number of rotatable bonds is 4. The van der Waals surface area contributed by atoms with Crippen molar-refractivity contribution in [2.24, 2.45) is 0 Å². The molecule has 2 aromatic rings. The Hall–Kier alpha value is -2.05. The van der Waals surface area contributed by atoms with Gasteiger partial charge in [-0.15, -0.1) is 0 Å². The van der Waals surface area contributed by atoms with Crippen molar-refractivity contribution < 1.29 is 23.1 Å². The van der Waals surface area contributed by atoms with E-state index in [-0.39, 0.29) is 16.1 Å². The van der Waals surface area contributed by atoms with Gasteiger partial charge < -0.3 is 10.4 Å². The van der Waals surface area contributed by atoms with Crippen molar-refractivity contribution in [3.05, 3.63) is 69.5 Å². The highest BCUT2D eigenvalue weighted by molar-refractivity contribution is 6.33. The summed E-state index contributed by atoms with van der Waals surface area (Å²) in [5.41, 5.74) is -0.304. The minimum Gasteiger partial charge on any atom is -0.386 e. The fourth-order valence-corrected chi connectivity index (χ4v) is 2.28. The lowest BCUT2D eigenvalue weighted by molar-refractivity contribution is 0.0911. The molecule has 0 spiro atoms. The van der Waals surface area contributed by atoms with E-state index in [4.69, 9.17) is 11.6 Å². The summed E-state index contributed by atoms with van der Waals surface area (Å²) in [6.45, 7) is 1.04. The average molecular weight is 344 g/mol. The van der Waals surface area contributed by atoms with Crippen LogP contribution in [-0.4, -0.2) is 17.6 Å². The SMILES string of the molecule is Cc1cc(C(=O)NCC(O)c2c(F)cccc2F)c(Cl)cc1F. The predicted octanol–water partition coefficient (Wildman–Crippen LogP) is 3.53. The van der Waals surface area contributed by atoms with Gasteiger partial charge >= 0.3 is 0 Å². The molecule has 0 bridgehead atoms. The van der Waals surface area contributed by atoms with Crippen LogP contribution in [0.2, 0.25) is 5.02 Å². The van der Waals surface area contributed by atoms with Gasteiger partial charge in [0.1, 0.15) is 23.6 Å². The van der Waals surface area contributed by atoms with E-state index < -0.39 is 41.6 Å². The molecular weight excluding hydrogens is 331 g/mol. The zero-order valence-electron chi connectivity index (χ0n) is 12.0. The first-order valence-electron chi connectivity index (χ1n) is 6.67. The molecule has 0 saturated carbocycles. The quantitative estimate of drug-likeness (QED) is 0.892. The summed E-state index contributed by atoms with van der Waals surface area (Å²) in [6, 6.07) is 5.43. The molecule has 2 rings (SSSR count). The molecule has 3 nitrogen and oxygen atoms in total. The van der Waals surface area contributed by atoms with Crippen molar-refractivity contribution in [3.8, 4) is 0 Å². The smallest absolute Gasteiger partial charge is 0.252 e. The van der Waals surface area contributed by atoms with Crippen molar-refractivity contribution in [2.45, 2.75) is 13.0 Å². The molecule has 0 heterocycles. The summed E-state index contributed by atoms with van der Waals surface area (Å²) >= 11 is 5.80. The van der Waals surface area contributed by atoms with Crippen LogP contribution < -0.4 is 5.32 Å². The molecule has 23 heavy (non-hydrogen) atoms. The Balaban J connectivity index is 2.12. The number of benzene rings is 2. The van der Waals surface area contributed by atoms with Crippen molar-refractivity contribution >= 4 is 17.5 Å². The number of aliphatic hydroxyl groups excluding tert-OH is 1. The number of hydrogen-bond donors (Lipinski definition) is 2. The molecule has 0 aromatic heterocycles. The largest absolute Gasteiger partial charge is 0.386 e. The monoisotopic (exact) mass is 343 g/mol. The maximum absolute atomic E-state index is 13.5. The minimum atomic E-state index is -1.57. The highest BCUT2D eigenvalue weighted by Crippen LogP contribution is 2.22. The fraction of sp³-hybridized carbons (Fsp3) is 0.188. The highest BCUT2D eigenvalue weighted by Gasteiger charge is 2.20. The van der Waals surface area contributed by atoms with Crippen molar-refractivity contribution in [3.63, 3.8) is 0 Å². The van der Waals surface area contributed by atoms with Crippen LogP contribution >= 0.6 is 11.6 Å². The van der Waals surface area contributed by atoms with Gasteiger partial charge in [-0.25, -0.2) is 13.2 Å². The summed E-state index contributed by atoms with van der Waals surface area (Å²) in [7, 11) is 0. The Kier molecular flexibility index (Phi) is 5.28.